The van der Waals surface area contributed by atoms with Gasteiger partial charge in [0, 0.05) is 17.3 Å². The summed E-state index contributed by atoms with van der Waals surface area (Å²) in [5.41, 5.74) is 6.10. The first-order valence-electron chi connectivity index (χ1n) is 8.49. The largest absolute Gasteiger partial charge is 0.494 e. The van der Waals surface area contributed by atoms with Crippen LogP contribution in [0.4, 0.5) is 5.69 Å². The van der Waals surface area contributed by atoms with E-state index < -0.39 is 5.91 Å². The molecular weight excluding hydrogens is 332 g/mol. The zero-order valence-corrected chi connectivity index (χ0v) is 15.0. The van der Waals surface area contributed by atoms with Crippen molar-refractivity contribution in [2.75, 3.05) is 18.5 Å². The summed E-state index contributed by atoms with van der Waals surface area (Å²) in [5, 5.41) is 2.82. The Balaban J connectivity index is 1.98. The molecule has 2 amide bonds. The molecule has 0 bridgehead atoms. The van der Waals surface area contributed by atoms with Crippen LogP contribution in [0, 0.1) is 5.92 Å². The summed E-state index contributed by atoms with van der Waals surface area (Å²) in [6.45, 7) is 4.68. The first-order chi connectivity index (χ1) is 12.4. The number of benzene rings is 2. The summed E-state index contributed by atoms with van der Waals surface area (Å²) in [5.74, 6) is 0.828. The summed E-state index contributed by atoms with van der Waals surface area (Å²) in [6, 6.07) is 13.8. The number of amides is 2. The molecule has 0 saturated carbocycles. The van der Waals surface area contributed by atoms with Gasteiger partial charge < -0.3 is 20.5 Å². The van der Waals surface area contributed by atoms with Gasteiger partial charge in [-0.05, 0) is 42.7 Å². The van der Waals surface area contributed by atoms with Crippen molar-refractivity contribution in [3.05, 3.63) is 54.1 Å². The Labute approximate surface area is 153 Å². The molecule has 2 aromatic carbocycles. The van der Waals surface area contributed by atoms with Gasteiger partial charge in [-0.3, -0.25) is 9.59 Å². The monoisotopic (exact) mass is 356 g/mol. The van der Waals surface area contributed by atoms with Crippen LogP contribution in [-0.2, 0) is 4.79 Å². The van der Waals surface area contributed by atoms with Gasteiger partial charge in [0.1, 0.15) is 11.5 Å². The molecule has 0 spiro atoms. The lowest BCUT2D eigenvalue weighted by Crippen LogP contribution is -2.20. The lowest BCUT2D eigenvalue weighted by atomic mass is 10.1. The Morgan fingerprint density at radius 1 is 1.04 bits per heavy atom. The van der Waals surface area contributed by atoms with Crippen molar-refractivity contribution < 1.29 is 19.1 Å². The molecular formula is C20H24N2O4. The number of hydrogen-bond acceptors (Lipinski definition) is 4. The highest BCUT2D eigenvalue weighted by molar-refractivity contribution is 6.04. The Bertz CT molecular complexity index is 759. The van der Waals surface area contributed by atoms with E-state index in [2.05, 4.69) is 19.2 Å². The third kappa shape index (κ3) is 6.47. The van der Waals surface area contributed by atoms with Crippen molar-refractivity contribution in [3.63, 3.8) is 0 Å². The van der Waals surface area contributed by atoms with Crippen LogP contribution in [0.15, 0.2) is 48.5 Å². The summed E-state index contributed by atoms with van der Waals surface area (Å²) < 4.78 is 10.9. The third-order valence-electron chi connectivity index (χ3n) is 3.53. The Kier molecular flexibility index (Phi) is 7.02. The molecule has 0 heterocycles. The van der Waals surface area contributed by atoms with Crippen molar-refractivity contribution in [3.8, 4) is 11.5 Å². The van der Waals surface area contributed by atoms with Gasteiger partial charge in [0.25, 0.3) is 11.8 Å². The minimum Gasteiger partial charge on any atom is -0.494 e. The van der Waals surface area contributed by atoms with E-state index in [1.165, 1.54) is 0 Å². The van der Waals surface area contributed by atoms with Crippen molar-refractivity contribution in [2.45, 2.75) is 20.3 Å². The van der Waals surface area contributed by atoms with E-state index in [1.54, 1.807) is 36.4 Å². The van der Waals surface area contributed by atoms with Gasteiger partial charge in [0.2, 0.25) is 0 Å². The molecule has 26 heavy (non-hydrogen) atoms. The number of carbonyl (C=O) groups excluding carboxylic acids is 2. The Morgan fingerprint density at radius 3 is 2.42 bits per heavy atom. The van der Waals surface area contributed by atoms with E-state index in [9.17, 15) is 9.59 Å². The Hall–Kier alpha value is -3.02. The van der Waals surface area contributed by atoms with Crippen LogP contribution in [0.3, 0.4) is 0 Å². The predicted octanol–water partition coefficient (Wildman–Crippen LogP) is 3.23. The van der Waals surface area contributed by atoms with Crippen LogP contribution in [0.5, 0.6) is 11.5 Å². The fraction of sp³-hybridized carbons (Fsp3) is 0.300. The van der Waals surface area contributed by atoms with Crippen LogP contribution in [0.25, 0.3) is 0 Å². The molecule has 0 atom stereocenters. The summed E-state index contributed by atoms with van der Waals surface area (Å²) in [4.78, 5) is 23.2. The molecule has 0 radical (unpaired) electrons. The second-order valence-electron chi connectivity index (χ2n) is 6.30. The maximum atomic E-state index is 12.4. The van der Waals surface area contributed by atoms with Gasteiger partial charge in [-0.25, -0.2) is 0 Å². The van der Waals surface area contributed by atoms with Crippen LogP contribution >= 0.6 is 0 Å². The molecule has 3 N–H and O–H groups in total. The van der Waals surface area contributed by atoms with Gasteiger partial charge in [0.15, 0.2) is 6.61 Å². The van der Waals surface area contributed by atoms with E-state index in [0.29, 0.717) is 35.3 Å². The smallest absolute Gasteiger partial charge is 0.255 e. The number of hydrogen-bond donors (Lipinski definition) is 2. The molecule has 2 rings (SSSR count). The number of primary amides is 1. The van der Waals surface area contributed by atoms with Crippen molar-refractivity contribution >= 4 is 17.5 Å². The van der Waals surface area contributed by atoms with Crippen molar-refractivity contribution in [1.82, 2.24) is 0 Å². The van der Waals surface area contributed by atoms with E-state index in [0.717, 1.165) is 6.42 Å². The fourth-order valence-electron chi connectivity index (χ4n) is 2.16. The molecule has 138 valence electrons. The summed E-state index contributed by atoms with van der Waals surface area (Å²) in [7, 11) is 0. The second-order valence-corrected chi connectivity index (χ2v) is 6.30. The van der Waals surface area contributed by atoms with Gasteiger partial charge >= 0.3 is 0 Å². The molecule has 0 aromatic heterocycles. The number of anilines is 1. The molecule has 2 aromatic rings. The van der Waals surface area contributed by atoms with E-state index >= 15 is 0 Å². The highest BCUT2D eigenvalue weighted by atomic mass is 16.5. The molecule has 0 unspecified atom stereocenters. The summed E-state index contributed by atoms with van der Waals surface area (Å²) in [6.07, 6.45) is 0.967. The molecule has 0 aliphatic rings. The topological polar surface area (TPSA) is 90.7 Å². The van der Waals surface area contributed by atoms with Gasteiger partial charge in [-0.2, -0.15) is 0 Å². The van der Waals surface area contributed by atoms with Crippen molar-refractivity contribution in [2.24, 2.45) is 11.7 Å². The minimum absolute atomic E-state index is 0.235. The van der Waals surface area contributed by atoms with Crippen LogP contribution in [-0.4, -0.2) is 25.0 Å². The number of nitrogens with two attached hydrogens (primary N) is 1. The SMILES string of the molecule is CC(C)CCOc1cccc(NC(=O)c2cccc(OCC(N)=O)c2)c1. The Morgan fingerprint density at radius 2 is 1.73 bits per heavy atom. The van der Waals surface area contributed by atoms with Gasteiger partial charge in [-0.15, -0.1) is 0 Å². The molecule has 6 heteroatoms. The number of nitrogens with one attached hydrogen (secondary N) is 1. The fourth-order valence-corrected chi connectivity index (χ4v) is 2.16. The second kappa shape index (κ2) is 9.46. The molecule has 0 fully saturated rings. The van der Waals surface area contributed by atoms with E-state index in [4.69, 9.17) is 15.2 Å². The first kappa shape index (κ1) is 19.3. The minimum atomic E-state index is -0.575. The van der Waals surface area contributed by atoms with Gasteiger partial charge in [0.05, 0.1) is 6.61 Å². The van der Waals surface area contributed by atoms with Crippen molar-refractivity contribution in [1.29, 1.82) is 0 Å². The zero-order chi connectivity index (χ0) is 18.9. The number of rotatable bonds is 9. The first-order valence-corrected chi connectivity index (χ1v) is 8.49. The lowest BCUT2D eigenvalue weighted by Gasteiger charge is -2.11. The average Bonchev–Trinajstić information content (AvgIpc) is 2.60. The lowest BCUT2D eigenvalue weighted by molar-refractivity contribution is -0.119. The predicted molar refractivity (Wildman–Crippen MR) is 100 cm³/mol. The van der Waals surface area contributed by atoms with E-state index in [-0.39, 0.29) is 12.5 Å². The highest BCUT2D eigenvalue weighted by Crippen LogP contribution is 2.20. The molecule has 6 nitrogen and oxygen atoms in total. The molecule has 0 aliphatic carbocycles. The normalized spacial score (nSPS) is 10.4. The third-order valence-corrected chi connectivity index (χ3v) is 3.53. The summed E-state index contributed by atoms with van der Waals surface area (Å²) >= 11 is 0. The quantitative estimate of drug-likeness (QED) is 0.722. The van der Waals surface area contributed by atoms with E-state index in [1.807, 2.05) is 12.1 Å². The maximum absolute atomic E-state index is 12.4. The highest BCUT2D eigenvalue weighted by Gasteiger charge is 2.09. The zero-order valence-electron chi connectivity index (χ0n) is 15.0. The van der Waals surface area contributed by atoms with Crippen LogP contribution in [0.2, 0.25) is 0 Å². The average molecular weight is 356 g/mol. The van der Waals surface area contributed by atoms with Crippen LogP contribution in [0.1, 0.15) is 30.6 Å². The molecule has 0 aliphatic heterocycles. The number of ether oxygens (including phenoxy) is 2. The molecule has 0 saturated heterocycles. The maximum Gasteiger partial charge on any atom is 0.255 e. The standard InChI is InChI=1S/C20H24N2O4/c1-14(2)9-10-25-18-8-4-6-16(12-18)22-20(24)15-5-3-7-17(11-15)26-13-19(21)23/h3-8,11-12,14H,9-10,13H2,1-2H3,(H2,21,23)(H,22,24). The van der Waals surface area contributed by atoms with Crippen LogP contribution < -0.4 is 20.5 Å². The number of carbonyl (C=O) groups is 2. The van der Waals surface area contributed by atoms with Gasteiger partial charge in [-0.1, -0.05) is 26.0 Å².